The van der Waals surface area contributed by atoms with Crippen LogP contribution in [-0.2, 0) is 16.8 Å². The smallest absolute Gasteiger partial charge is 0.305 e. The van der Waals surface area contributed by atoms with Crippen LogP contribution >= 0.6 is 0 Å². The van der Waals surface area contributed by atoms with Gasteiger partial charge in [-0.3, -0.25) is 4.79 Å². The largest absolute Gasteiger partial charge is 0.496 e. The van der Waals surface area contributed by atoms with E-state index in [-0.39, 0.29) is 6.42 Å². The van der Waals surface area contributed by atoms with Crippen molar-refractivity contribution in [1.82, 2.24) is 0 Å². The lowest BCUT2D eigenvalue weighted by molar-refractivity contribution is -0.138. The summed E-state index contributed by atoms with van der Waals surface area (Å²) in [4.78, 5) is 10.8. The summed E-state index contributed by atoms with van der Waals surface area (Å²) in [6.07, 6.45) is 0.747. The van der Waals surface area contributed by atoms with Gasteiger partial charge in [-0.1, -0.05) is 19.1 Å². The Morgan fingerprint density at radius 2 is 2.18 bits per heavy atom. The molecule has 17 heavy (non-hydrogen) atoms. The Bertz CT molecular complexity index is 413. The van der Waals surface area contributed by atoms with E-state index >= 15 is 0 Å². The summed E-state index contributed by atoms with van der Waals surface area (Å²) in [7, 11) is 1.56. The van der Waals surface area contributed by atoms with Crippen LogP contribution < -0.4 is 10.5 Å². The molecule has 0 amide bonds. The molecule has 1 rings (SSSR count). The van der Waals surface area contributed by atoms with Crippen LogP contribution in [0.25, 0.3) is 0 Å². The van der Waals surface area contributed by atoms with Gasteiger partial charge in [0, 0.05) is 5.56 Å². The number of nitrogens with two attached hydrogens (primary N) is 1. The van der Waals surface area contributed by atoms with E-state index in [0.717, 1.165) is 17.5 Å². The molecule has 1 aromatic rings. The number of aliphatic carboxylic acids is 1. The maximum atomic E-state index is 10.8. The SMILES string of the molecule is CCc1ccc(OC)c(C(C)(N)CC(=O)O)c1. The van der Waals surface area contributed by atoms with Gasteiger partial charge in [-0.2, -0.15) is 0 Å². The fourth-order valence-electron chi connectivity index (χ4n) is 1.83. The number of hydrogen-bond donors (Lipinski definition) is 2. The molecule has 4 heteroatoms. The minimum absolute atomic E-state index is 0.128. The molecule has 94 valence electrons. The Morgan fingerprint density at radius 1 is 1.53 bits per heavy atom. The molecule has 0 aliphatic carbocycles. The van der Waals surface area contributed by atoms with Gasteiger partial charge in [0.05, 0.1) is 19.1 Å². The Kier molecular flexibility index (Phi) is 4.12. The van der Waals surface area contributed by atoms with Gasteiger partial charge in [-0.15, -0.1) is 0 Å². The van der Waals surface area contributed by atoms with E-state index < -0.39 is 11.5 Å². The summed E-state index contributed by atoms with van der Waals surface area (Å²) in [5, 5.41) is 8.88. The van der Waals surface area contributed by atoms with Gasteiger partial charge in [0.15, 0.2) is 0 Å². The maximum absolute atomic E-state index is 10.8. The zero-order chi connectivity index (χ0) is 13.1. The molecule has 0 aliphatic heterocycles. The predicted molar refractivity (Wildman–Crippen MR) is 66.2 cm³/mol. The molecular weight excluding hydrogens is 218 g/mol. The standard InChI is InChI=1S/C13H19NO3/c1-4-9-5-6-11(17-3)10(7-9)13(2,14)8-12(15)16/h5-7H,4,8,14H2,1-3H3,(H,15,16). The Labute approximate surface area is 101 Å². The van der Waals surface area contributed by atoms with E-state index in [1.807, 2.05) is 25.1 Å². The lowest BCUT2D eigenvalue weighted by Gasteiger charge is -2.25. The van der Waals surface area contributed by atoms with Gasteiger partial charge in [-0.25, -0.2) is 0 Å². The van der Waals surface area contributed by atoms with Gasteiger partial charge in [-0.05, 0) is 25.0 Å². The highest BCUT2D eigenvalue weighted by Crippen LogP contribution is 2.31. The Balaban J connectivity index is 3.21. The van der Waals surface area contributed by atoms with Crippen LogP contribution in [0, 0.1) is 0 Å². The molecule has 3 N–H and O–H groups in total. The second-order valence-electron chi connectivity index (χ2n) is 4.38. The van der Waals surface area contributed by atoms with Crippen molar-refractivity contribution in [2.45, 2.75) is 32.2 Å². The van der Waals surface area contributed by atoms with Crippen LogP contribution in [0.5, 0.6) is 5.75 Å². The molecule has 0 heterocycles. The van der Waals surface area contributed by atoms with Crippen molar-refractivity contribution < 1.29 is 14.6 Å². The molecule has 0 spiro atoms. The molecule has 1 unspecified atom stereocenters. The van der Waals surface area contributed by atoms with Crippen LogP contribution in [0.1, 0.15) is 31.4 Å². The number of aryl methyl sites for hydroxylation is 1. The number of rotatable bonds is 5. The summed E-state index contributed by atoms with van der Waals surface area (Å²) in [5.41, 5.74) is 7.00. The topological polar surface area (TPSA) is 72.5 Å². The zero-order valence-corrected chi connectivity index (χ0v) is 10.5. The van der Waals surface area contributed by atoms with Gasteiger partial charge in [0.25, 0.3) is 0 Å². The summed E-state index contributed by atoms with van der Waals surface area (Å²) in [6, 6.07) is 5.71. The van der Waals surface area contributed by atoms with Crippen molar-refractivity contribution in [3.63, 3.8) is 0 Å². The van der Waals surface area contributed by atoms with Gasteiger partial charge < -0.3 is 15.6 Å². The third kappa shape index (κ3) is 3.20. The van der Waals surface area contributed by atoms with Crippen LogP contribution in [0.15, 0.2) is 18.2 Å². The number of carboxylic acid groups (broad SMARTS) is 1. The van der Waals surface area contributed by atoms with Crippen molar-refractivity contribution in [2.75, 3.05) is 7.11 Å². The number of hydrogen-bond acceptors (Lipinski definition) is 3. The second-order valence-corrected chi connectivity index (χ2v) is 4.38. The molecular formula is C13H19NO3. The molecule has 1 aromatic carbocycles. The van der Waals surface area contributed by atoms with Gasteiger partial charge >= 0.3 is 5.97 Å². The van der Waals surface area contributed by atoms with E-state index in [1.165, 1.54) is 0 Å². The monoisotopic (exact) mass is 237 g/mol. The predicted octanol–water partition coefficient (Wildman–Crippen LogP) is 1.91. The summed E-state index contributed by atoms with van der Waals surface area (Å²) in [6.45, 7) is 3.75. The third-order valence-corrected chi connectivity index (χ3v) is 2.81. The van der Waals surface area contributed by atoms with E-state index in [9.17, 15) is 4.79 Å². The molecule has 0 aliphatic rings. The molecule has 0 saturated heterocycles. The molecule has 0 fully saturated rings. The molecule has 0 bridgehead atoms. The van der Waals surface area contributed by atoms with Crippen molar-refractivity contribution in [3.8, 4) is 5.75 Å². The lowest BCUT2D eigenvalue weighted by Crippen LogP contribution is -2.36. The highest BCUT2D eigenvalue weighted by molar-refractivity contribution is 5.69. The molecule has 0 radical (unpaired) electrons. The van der Waals surface area contributed by atoms with Gasteiger partial charge in [0.1, 0.15) is 5.75 Å². The number of ether oxygens (including phenoxy) is 1. The lowest BCUT2D eigenvalue weighted by atomic mass is 9.87. The van der Waals surface area contributed by atoms with Crippen LogP contribution in [0.3, 0.4) is 0 Å². The van der Waals surface area contributed by atoms with E-state index in [4.69, 9.17) is 15.6 Å². The van der Waals surface area contributed by atoms with Crippen molar-refractivity contribution in [2.24, 2.45) is 5.73 Å². The summed E-state index contributed by atoms with van der Waals surface area (Å²) >= 11 is 0. The number of methoxy groups -OCH3 is 1. The van der Waals surface area contributed by atoms with E-state index in [1.54, 1.807) is 14.0 Å². The Morgan fingerprint density at radius 3 is 2.65 bits per heavy atom. The number of carbonyl (C=O) groups is 1. The van der Waals surface area contributed by atoms with Gasteiger partial charge in [0.2, 0.25) is 0 Å². The fourth-order valence-corrected chi connectivity index (χ4v) is 1.83. The van der Waals surface area contributed by atoms with Crippen LogP contribution in [-0.4, -0.2) is 18.2 Å². The summed E-state index contributed by atoms with van der Waals surface area (Å²) < 4.78 is 5.24. The average molecular weight is 237 g/mol. The maximum Gasteiger partial charge on any atom is 0.305 e. The molecule has 4 nitrogen and oxygen atoms in total. The first-order chi connectivity index (χ1) is 7.90. The number of benzene rings is 1. The minimum atomic E-state index is -0.928. The average Bonchev–Trinajstić information content (AvgIpc) is 2.26. The quantitative estimate of drug-likeness (QED) is 0.820. The molecule has 0 aromatic heterocycles. The van der Waals surface area contributed by atoms with E-state index in [0.29, 0.717) is 5.75 Å². The highest BCUT2D eigenvalue weighted by Gasteiger charge is 2.28. The first kappa shape index (κ1) is 13.5. The molecule has 0 saturated carbocycles. The first-order valence-corrected chi connectivity index (χ1v) is 5.58. The highest BCUT2D eigenvalue weighted by atomic mass is 16.5. The first-order valence-electron chi connectivity index (χ1n) is 5.58. The second kappa shape index (κ2) is 5.19. The van der Waals surface area contributed by atoms with Crippen molar-refractivity contribution >= 4 is 5.97 Å². The zero-order valence-electron chi connectivity index (χ0n) is 10.5. The number of carboxylic acids is 1. The third-order valence-electron chi connectivity index (χ3n) is 2.81. The summed E-state index contributed by atoms with van der Waals surface area (Å²) in [5.74, 6) is -0.285. The Hall–Kier alpha value is -1.55. The van der Waals surface area contributed by atoms with Crippen LogP contribution in [0.4, 0.5) is 0 Å². The molecule has 1 atom stereocenters. The minimum Gasteiger partial charge on any atom is -0.496 e. The van der Waals surface area contributed by atoms with E-state index in [2.05, 4.69) is 0 Å². The van der Waals surface area contributed by atoms with Crippen molar-refractivity contribution in [3.05, 3.63) is 29.3 Å². The van der Waals surface area contributed by atoms with Crippen molar-refractivity contribution in [1.29, 1.82) is 0 Å². The van der Waals surface area contributed by atoms with Crippen LogP contribution in [0.2, 0.25) is 0 Å². The normalized spacial score (nSPS) is 14.1. The fraction of sp³-hybridized carbons (Fsp3) is 0.462.